The van der Waals surface area contributed by atoms with Crippen molar-refractivity contribution in [2.45, 2.75) is 39.7 Å². The van der Waals surface area contributed by atoms with Crippen molar-refractivity contribution in [3.8, 4) is 22.7 Å². The first kappa shape index (κ1) is 19.8. The van der Waals surface area contributed by atoms with E-state index in [1.54, 1.807) is 12.3 Å². The normalized spacial score (nSPS) is 13.5. The number of methoxy groups -OCH3 is 1. The van der Waals surface area contributed by atoms with Crippen LogP contribution in [0, 0.1) is 5.82 Å². The number of aryl methyl sites for hydroxylation is 2. The maximum atomic E-state index is 15.1. The molecule has 0 saturated carbocycles. The molecule has 2 aromatic carbocycles. The van der Waals surface area contributed by atoms with Gasteiger partial charge in [-0.2, -0.15) is 10.2 Å². The number of aromatic nitrogens is 4. The third kappa shape index (κ3) is 3.03. The Kier molecular flexibility index (Phi) is 4.98. The van der Waals surface area contributed by atoms with Gasteiger partial charge in [0.25, 0.3) is 0 Å². The second-order valence-corrected chi connectivity index (χ2v) is 7.84. The average Bonchev–Trinajstić information content (AvgIpc) is 3.43. The molecule has 0 radical (unpaired) electrons. The lowest BCUT2D eigenvalue weighted by atomic mass is 9.97. The molecule has 0 saturated heterocycles. The van der Waals surface area contributed by atoms with E-state index in [0.29, 0.717) is 12.1 Å². The summed E-state index contributed by atoms with van der Waals surface area (Å²) in [5.74, 6) is -0.239. The van der Waals surface area contributed by atoms with Crippen molar-refractivity contribution in [1.29, 1.82) is 0 Å². The lowest BCUT2D eigenvalue weighted by Gasteiger charge is -2.18. The SMILES string of the molecule is CCc1cccc(CC)c1-n1nc2c(c1-c1cc(F)c(OC)c3[nH]ncc13)CNCC2. The van der Waals surface area contributed by atoms with Crippen molar-refractivity contribution in [2.24, 2.45) is 0 Å². The summed E-state index contributed by atoms with van der Waals surface area (Å²) in [4.78, 5) is 0. The minimum absolute atomic E-state index is 0.178. The molecule has 4 aromatic rings. The van der Waals surface area contributed by atoms with E-state index >= 15 is 4.39 Å². The first-order valence-electron chi connectivity index (χ1n) is 10.8. The second-order valence-electron chi connectivity index (χ2n) is 7.84. The molecule has 2 N–H and O–H groups in total. The number of para-hydroxylation sites is 1. The number of hydrogen-bond donors (Lipinski definition) is 2. The number of halogens is 1. The lowest BCUT2D eigenvalue weighted by molar-refractivity contribution is 0.391. The van der Waals surface area contributed by atoms with Crippen LogP contribution in [0.2, 0.25) is 0 Å². The van der Waals surface area contributed by atoms with Crippen LogP contribution in [0.3, 0.4) is 0 Å². The molecule has 0 amide bonds. The highest BCUT2D eigenvalue weighted by Crippen LogP contribution is 2.40. The number of fused-ring (bicyclic) bond motifs is 2. The quantitative estimate of drug-likeness (QED) is 0.505. The molecule has 160 valence electrons. The number of aromatic amines is 1. The Morgan fingerprint density at radius 1 is 1.19 bits per heavy atom. The van der Waals surface area contributed by atoms with Crippen molar-refractivity contribution in [3.05, 3.63) is 58.7 Å². The van der Waals surface area contributed by atoms with Crippen LogP contribution in [0.4, 0.5) is 4.39 Å². The van der Waals surface area contributed by atoms with Crippen molar-refractivity contribution >= 4 is 10.9 Å². The van der Waals surface area contributed by atoms with Crippen LogP contribution in [0.25, 0.3) is 27.8 Å². The van der Waals surface area contributed by atoms with Gasteiger partial charge < -0.3 is 10.1 Å². The number of ether oxygens (including phenoxy) is 1. The summed E-state index contributed by atoms with van der Waals surface area (Å²) in [5.41, 5.74) is 7.99. The highest BCUT2D eigenvalue weighted by atomic mass is 19.1. The van der Waals surface area contributed by atoms with E-state index in [9.17, 15) is 0 Å². The summed E-state index contributed by atoms with van der Waals surface area (Å²) in [6, 6.07) is 7.96. The van der Waals surface area contributed by atoms with Crippen molar-refractivity contribution in [1.82, 2.24) is 25.3 Å². The van der Waals surface area contributed by atoms with E-state index in [1.165, 1.54) is 18.2 Å². The molecule has 6 nitrogen and oxygen atoms in total. The lowest BCUT2D eigenvalue weighted by Crippen LogP contribution is -2.23. The summed E-state index contributed by atoms with van der Waals surface area (Å²) in [5, 5.41) is 16.4. The fourth-order valence-electron chi connectivity index (χ4n) is 4.68. The van der Waals surface area contributed by atoms with Crippen LogP contribution < -0.4 is 10.1 Å². The Morgan fingerprint density at radius 3 is 2.68 bits per heavy atom. The van der Waals surface area contributed by atoms with E-state index in [4.69, 9.17) is 9.84 Å². The van der Waals surface area contributed by atoms with E-state index in [-0.39, 0.29) is 5.75 Å². The molecule has 5 rings (SSSR count). The molecule has 1 aliphatic heterocycles. The van der Waals surface area contributed by atoms with Crippen molar-refractivity contribution in [3.63, 3.8) is 0 Å². The largest absolute Gasteiger partial charge is 0.492 e. The highest BCUT2D eigenvalue weighted by molar-refractivity contribution is 5.98. The van der Waals surface area contributed by atoms with Gasteiger partial charge in [-0.15, -0.1) is 0 Å². The molecule has 0 bridgehead atoms. The predicted molar refractivity (Wildman–Crippen MR) is 119 cm³/mol. The van der Waals surface area contributed by atoms with Gasteiger partial charge in [0.05, 0.1) is 30.4 Å². The van der Waals surface area contributed by atoms with Gasteiger partial charge in [0.2, 0.25) is 0 Å². The van der Waals surface area contributed by atoms with Crippen LogP contribution in [-0.4, -0.2) is 33.6 Å². The number of nitrogens with zero attached hydrogens (tertiary/aromatic N) is 3. The van der Waals surface area contributed by atoms with Gasteiger partial charge >= 0.3 is 0 Å². The van der Waals surface area contributed by atoms with E-state index in [1.807, 2.05) is 4.68 Å². The Bertz CT molecular complexity index is 1250. The summed E-state index contributed by atoms with van der Waals surface area (Å²) >= 11 is 0. The summed E-state index contributed by atoms with van der Waals surface area (Å²) in [6.07, 6.45) is 4.37. The predicted octanol–water partition coefficient (Wildman–Crippen LogP) is 4.33. The van der Waals surface area contributed by atoms with Gasteiger partial charge in [-0.05, 0) is 30.0 Å². The molecule has 0 aliphatic carbocycles. The number of hydrogen-bond acceptors (Lipinski definition) is 4. The first-order valence-corrected chi connectivity index (χ1v) is 10.8. The summed E-state index contributed by atoms with van der Waals surface area (Å²) in [6.45, 7) is 5.90. The van der Waals surface area contributed by atoms with Crippen LogP contribution in [0.1, 0.15) is 36.2 Å². The smallest absolute Gasteiger partial charge is 0.180 e. The fourth-order valence-corrected chi connectivity index (χ4v) is 4.68. The standard InChI is InChI=1S/C24H26FN5O/c1-4-14-7-6-8-15(5-2)22(14)30-23(18-12-26-10-9-20(18)29-30)16-11-19(25)24(31-3)21-17(16)13-27-28-21/h6-8,11,13,26H,4-5,9-10,12H2,1-3H3,(H,27,28). The zero-order valence-corrected chi connectivity index (χ0v) is 18.1. The van der Waals surface area contributed by atoms with Crippen LogP contribution in [0.5, 0.6) is 5.75 Å². The van der Waals surface area contributed by atoms with Gasteiger partial charge in [0, 0.05) is 36.0 Å². The van der Waals surface area contributed by atoms with Gasteiger partial charge in [-0.1, -0.05) is 32.0 Å². The maximum absolute atomic E-state index is 15.1. The van der Waals surface area contributed by atoms with Gasteiger partial charge in [-0.25, -0.2) is 9.07 Å². The molecule has 0 atom stereocenters. The Labute approximate surface area is 180 Å². The van der Waals surface area contributed by atoms with Crippen LogP contribution in [-0.2, 0) is 25.8 Å². The monoisotopic (exact) mass is 419 g/mol. The zero-order valence-electron chi connectivity index (χ0n) is 18.1. The first-order chi connectivity index (χ1) is 15.2. The topological polar surface area (TPSA) is 67.8 Å². The third-order valence-corrected chi connectivity index (χ3v) is 6.19. The van der Waals surface area contributed by atoms with Crippen molar-refractivity contribution < 1.29 is 9.13 Å². The molecule has 0 unspecified atom stereocenters. The van der Waals surface area contributed by atoms with Crippen LogP contribution >= 0.6 is 0 Å². The van der Waals surface area contributed by atoms with Gasteiger partial charge in [0.15, 0.2) is 11.6 Å². The minimum Gasteiger partial charge on any atom is -0.492 e. The molecule has 7 heteroatoms. The number of benzene rings is 2. The molecule has 31 heavy (non-hydrogen) atoms. The van der Waals surface area contributed by atoms with Crippen molar-refractivity contribution in [2.75, 3.05) is 13.7 Å². The molecular weight excluding hydrogens is 393 g/mol. The number of H-pyrrole nitrogens is 1. The Hall–Kier alpha value is -3.19. The van der Waals surface area contributed by atoms with Crippen LogP contribution in [0.15, 0.2) is 30.5 Å². The average molecular weight is 420 g/mol. The molecule has 0 spiro atoms. The van der Waals surface area contributed by atoms with E-state index < -0.39 is 5.82 Å². The molecular formula is C24H26FN5O. The number of nitrogens with one attached hydrogen (secondary N) is 2. The maximum Gasteiger partial charge on any atom is 0.180 e. The van der Waals surface area contributed by atoms with Gasteiger partial charge in [0.1, 0.15) is 5.52 Å². The Balaban J connectivity index is 1.88. The molecule has 1 aliphatic rings. The zero-order chi connectivity index (χ0) is 21.5. The third-order valence-electron chi connectivity index (χ3n) is 6.19. The van der Waals surface area contributed by atoms with E-state index in [0.717, 1.165) is 59.4 Å². The molecule has 0 fully saturated rings. The number of rotatable bonds is 5. The van der Waals surface area contributed by atoms with E-state index in [2.05, 4.69) is 47.6 Å². The molecule has 2 aromatic heterocycles. The Morgan fingerprint density at radius 2 is 1.97 bits per heavy atom. The van der Waals surface area contributed by atoms with Gasteiger partial charge in [-0.3, -0.25) is 5.10 Å². The summed E-state index contributed by atoms with van der Waals surface area (Å²) in [7, 11) is 1.47. The summed E-state index contributed by atoms with van der Waals surface area (Å²) < 4.78 is 22.4. The fraction of sp³-hybridized carbons (Fsp3) is 0.333. The molecule has 3 heterocycles. The highest BCUT2D eigenvalue weighted by Gasteiger charge is 2.27. The second kappa shape index (κ2) is 7.81. The minimum atomic E-state index is -0.418.